The van der Waals surface area contributed by atoms with E-state index in [2.05, 4.69) is 264 Å². The van der Waals surface area contributed by atoms with E-state index in [0.29, 0.717) is 0 Å². The van der Waals surface area contributed by atoms with Gasteiger partial charge in [0.25, 0.3) is 0 Å². The molecule has 0 atom stereocenters. The lowest BCUT2D eigenvalue weighted by atomic mass is 9.64. The van der Waals surface area contributed by atoms with E-state index in [1.807, 2.05) is 0 Å². The van der Waals surface area contributed by atoms with Gasteiger partial charge in [-0.25, -0.2) is 0 Å². The predicted molar refractivity (Wildman–Crippen MR) is 320 cm³/mol. The molecule has 0 N–H and O–H groups in total. The third-order valence-electron chi connectivity index (χ3n) is 15.4. The molecule has 69 heavy (non-hydrogen) atoms. The Morgan fingerprint density at radius 1 is 0.275 bits per heavy atom. The van der Waals surface area contributed by atoms with E-state index in [1.54, 1.807) is 0 Å². The van der Waals surface area contributed by atoms with Crippen molar-refractivity contribution in [2.24, 2.45) is 0 Å². The maximum Gasteiger partial charge on any atom is 0.141 e. The number of benzene rings is 10. The van der Waals surface area contributed by atoms with Gasteiger partial charge in [0.05, 0.1) is 16.7 Å². The molecule has 0 aliphatic heterocycles. The molecule has 2 nitrogen and oxygen atoms in total. The Hall–Kier alpha value is -7.75. The molecule has 12 rings (SSSR count). The maximum absolute atomic E-state index is 2.62. The van der Waals surface area contributed by atoms with Crippen molar-refractivity contribution in [3.05, 3.63) is 200 Å². The minimum atomic E-state index is 1.17. The van der Waals surface area contributed by atoms with Crippen LogP contribution in [0.25, 0.3) is 111 Å². The van der Waals surface area contributed by atoms with Gasteiger partial charge < -0.3 is 9.13 Å². The van der Waals surface area contributed by atoms with Crippen molar-refractivity contribution >= 4 is 137 Å². The first-order chi connectivity index (χ1) is 33.7. The quantitative estimate of drug-likeness (QED) is 0.215. The third kappa shape index (κ3) is 6.73. The van der Waals surface area contributed by atoms with Crippen LogP contribution in [0.3, 0.4) is 0 Å². The van der Waals surface area contributed by atoms with E-state index in [4.69, 9.17) is 0 Å². The van der Waals surface area contributed by atoms with Crippen LogP contribution in [0, 0.1) is 0 Å². The summed E-state index contributed by atoms with van der Waals surface area (Å²) in [5.41, 5.74) is 28.8. The largest absolute Gasteiger partial charge is 0.310 e. The van der Waals surface area contributed by atoms with Crippen molar-refractivity contribution in [1.29, 1.82) is 0 Å². The number of hydrogen-bond acceptors (Lipinski definition) is 0. The van der Waals surface area contributed by atoms with Gasteiger partial charge >= 0.3 is 0 Å². The SMILES string of the molecule is Bc1c(B)c(B)c2c(c1B)c1c(B)c(-c3ccc4c(c3)c3c(-c5ccccc5)cccc3n4-c3ccccc3-c3ccccc3)c(B)c(B)c1n2-c1cc(-c2ccccc2)cc(-c2ccccc2)c1. The first-order valence-corrected chi connectivity index (χ1v) is 24.3. The van der Waals surface area contributed by atoms with E-state index < -0.39 is 0 Å². The Labute approximate surface area is 410 Å². The normalized spacial score (nSPS) is 11.6. The zero-order valence-corrected chi connectivity index (χ0v) is 40.4. The van der Waals surface area contributed by atoms with Gasteiger partial charge in [-0.15, -0.1) is 5.46 Å². The van der Waals surface area contributed by atoms with Crippen LogP contribution < -0.4 is 38.2 Å². The highest BCUT2D eigenvalue weighted by Crippen LogP contribution is 2.42. The van der Waals surface area contributed by atoms with E-state index >= 15 is 0 Å². The molecule has 0 aliphatic carbocycles. The fourth-order valence-electron chi connectivity index (χ4n) is 11.6. The minimum absolute atomic E-state index is 1.17. The van der Waals surface area contributed by atoms with Crippen LogP contribution in [0.15, 0.2) is 200 Å². The summed E-state index contributed by atoms with van der Waals surface area (Å²) in [5, 5.41) is 5.19. The van der Waals surface area contributed by atoms with Gasteiger partial charge in [-0.3, -0.25) is 0 Å². The third-order valence-corrected chi connectivity index (χ3v) is 15.4. The summed E-state index contributed by atoms with van der Waals surface area (Å²) < 4.78 is 5.11. The summed E-state index contributed by atoms with van der Waals surface area (Å²) in [5.74, 6) is 0. The Bertz CT molecular complexity index is 3960. The van der Waals surface area contributed by atoms with Crippen LogP contribution >= 0.6 is 0 Å². The summed E-state index contributed by atoms with van der Waals surface area (Å²) in [6.45, 7) is 0. The fraction of sp³-hybridized carbons (Fsp3) is 0. The lowest BCUT2D eigenvalue weighted by Crippen LogP contribution is -2.48. The molecule has 318 valence electrons. The molecule has 9 heteroatoms. The fourth-order valence-corrected chi connectivity index (χ4v) is 11.6. The molecule has 0 amide bonds. The number of fused-ring (bicyclic) bond motifs is 6. The molecular weight excluding hydrogens is 824 g/mol. The Morgan fingerprint density at radius 3 is 1.38 bits per heavy atom. The lowest BCUT2D eigenvalue weighted by Gasteiger charge is -2.20. The van der Waals surface area contributed by atoms with E-state index in [9.17, 15) is 0 Å². The molecule has 2 heterocycles. The Morgan fingerprint density at radius 2 is 0.768 bits per heavy atom. The smallest absolute Gasteiger partial charge is 0.141 e. The van der Waals surface area contributed by atoms with Crippen LogP contribution in [-0.2, 0) is 0 Å². The van der Waals surface area contributed by atoms with Crippen molar-refractivity contribution < 1.29 is 0 Å². The second-order valence-electron chi connectivity index (χ2n) is 19.0. The summed E-state index contributed by atoms with van der Waals surface area (Å²) in [6, 6.07) is 73.5. The summed E-state index contributed by atoms with van der Waals surface area (Å²) >= 11 is 0. The molecule has 0 spiro atoms. The molecule has 0 saturated carbocycles. The van der Waals surface area contributed by atoms with E-state index in [1.165, 1.54) is 149 Å². The molecule has 12 aromatic rings. The maximum atomic E-state index is 2.62. The highest BCUT2D eigenvalue weighted by Gasteiger charge is 2.26. The van der Waals surface area contributed by atoms with Crippen molar-refractivity contribution in [2.45, 2.75) is 0 Å². The topological polar surface area (TPSA) is 9.86 Å². The zero-order chi connectivity index (χ0) is 47.1. The number of nitrogens with zero attached hydrogens (tertiary/aromatic N) is 2. The monoisotopic (exact) mass is 872 g/mol. The van der Waals surface area contributed by atoms with Crippen molar-refractivity contribution in [1.82, 2.24) is 9.13 Å². The second kappa shape index (κ2) is 16.8. The van der Waals surface area contributed by atoms with Gasteiger partial charge in [0, 0.05) is 38.4 Å². The number of para-hydroxylation sites is 1. The molecule has 0 saturated heterocycles. The minimum Gasteiger partial charge on any atom is -0.310 e. The van der Waals surface area contributed by atoms with Gasteiger partial charge in [-0.05, 0) is 97.9 Å². The number of aromatic nitrogens is 2. The standard InChI is InChI=1S/C60H47B7N2/c61-52-48(38-28-29-46-44(33-38)49-43(37-22-11-4-12-23-37)25-15-27-47(49)69(46)45-26-14-13-24-42(45)36-20-9-3-10-21-36)53(62)57(66)59-50(52)51-54(63)55(64)56(65)58(67)60(51)68(59)41-31-39(34-16-5-1-6-17-34)30-40(32-41)35-18-7-2-8-19-35/h1-33H,61-67H2. The van der Waals surface area contributed by atoms with Gasteiger partial charge in [-0.1, -0.05) is 191 Å². The highest BCUT2D eigenvalue weighted by atomic mass is 15.0. The lowest BCUT2D eigenvalue weighted by molar-refractivity contribution is 1.18. The van der Waals surface area contributed by atoms with Crippen molar-refractivity contribution in [3.8, 4) is 67.0 Å². The molecule has 0 radical (unpaired) electrons. The van der Waals surface area contributed by atoms with Crippen LogP contribution in [0.2, 0.25) is 0 Å². The molecule has 0 bridgehead atoms. The average Bonchev–Trinajstić information content (AvgIpc) is 3.94. The Kier molecular flexibility index (Phi) is 10.4. The van der Waals surface area contributed by atoms with E-state index in [-0.39, 0.29) is 0 Å². The summed E-state index contributed by atoms with van der Waals surface area (Å²) in [7, 11) is 16.4. The summed E-state index contributed by atoms with van der Waals surface area (Å²) in [6.07, 6.45) is 0. The van der Waals surface area contributed by atoms with Crippen LogP contribution in [0.1, 0.15) is 0 Å². The van der Waals surface area contributed by atoms with E-state index in [0.717, 1.165) is 0 Å². The zero-order valence-electron chi connectivity index (χ0n) is 40.4. The van der Waals surface area contributed by atoms with Crippen LogP contribution in [0.5, 0.6) is 0 Å². The predicted octanol–water partition coefficient (Wildman–Crippen LogP) is 4.02. The Balaban J connectivity index is 1.17. The summed E-state index contributed by atoms with van der Waals surface area (Å²) in [4.78, 5) is 0. The van der Waals surface area contributed by atoms with Crippen molar-refractivity contribution in [2.75, 3.05) is 0 Å². The number of rotatable bonds is 7. The van der Waals surface area contributed by atoms with Crippen LogP contribution in [0.4, 0.5) is 0 Å². The van der Waals surface area contributed by atoms with Gasteiger partial charge in [0.1, 0.15) is 54.9 Å². The first-order valence-electron chi connectivity index (χ1n) is 24.3. The average molecular weight is 872 g/mol. The first kappa shape index (κ1) is 42.6. The molecular formula is C60H47B7N2. The molecule has 2 aromatic heterocycles. The molecule has 0 unspecified atom stereocenters. The van der Waals surface area contributed by atoms with Gasteiger partial charge in [0.15, 0.2) is 0 Å². The molecule has 10 aromatic carbocycles. The van der Waals surface area contributed by atoms with Gasteiger partial charge in [-0.2, -0.15) is 0 Å². The van der Waals surface area contributed by atoms with Crippen LogP contribution in [-0.4, -0.2) is 64.1 Å². The number of hydrogen-bond donors (Lipinski definition) is 0. The highest BCUT2D eigenvalue weighted by molar-refractivity contribution is 6.69. The second-order valence-corrected chi connectivity index (χ2v) is 19.0. The molecule has 0 fully saturated rings. The van der Waals surface area contributed by atoms with Crippen molar-refractivity contribution in [3.63, 3.8) is 0 Å². The molecule has 0 aliphatic rings. The van der Waals surface area contributed by atoms with Gasteiger partial charge in [0.2, 0.25) is 0 Å².